The van der Waals surface area contributed by atoms with Crippen molar-refractivity contribution in [1.29, 1.82) is 0 Å². The van der Waals surface area contributed by atoms with Crippen LogP contribution in [0.2, 0.25) is 0 Å². The van der Waals surface area contributed by atoms with Crippen LogP contribution >= 0.6 is 0 Å². The molecule has 0 radical (unpaired) electrons. The molecule has 0 aliphatic rings. The minimum Gasteiger partial charge on any atom is -0.493 e. The molecule has 1 aromatic rings. The fraction of sp³-hybridized carbons (Fsp3) is 0.417. The molecule has 0 aliphatic heterocycles. The Kier molecular flexibility index (Phi) is 4.34. The van der Waals surface area contributed by atoms with Gasteiger partial charge >= 0.3 is 0 Å². The molecule has 1 rings (SSSR count). The van der Waals surface area contributed by atoms with E-state index in [9.17, 15) is 4.79 Å². The molecule has 0 saturated heterocycles. The monoisotopic (exact) mass is 239 g/mol. The van der Waals surface area contributed by atoms with Crippen molar-refractivity contribution >= 4 is 11.6 Å². The molecular formula is C12H17NO4. The molecule has 0 bridgehead atoms. The SMILES string of the molecule is COc1cc(C)c(N(C)C(=O)CO)cc1OC. The number of aliphatic hydroxyl groups is 1. The van der Waals surface area contributed by atoms with E-state index < -0.39 is 6.61 Å². The lowest BCUT2D eigenvalue weighted by molar-refractivity contribution is -0.120. The standard InChI is InChI=1S/C12H17NO4/c1-8-5-10(16-3)11(17-4)6-9(8)13(2)12(15)7-14/h5-6,14H,7H2,1-4H3. The third-order valence-corrected chi connectivity index (χ3v) is 2.57. The van der Waals surface area contributed by atoms with E-state index in [2.05, 4.69) is 0 Å². The second kappa shape index (κ2) is 5.54. The fourth-order valence-corrected chi connectivity index (χ4v) is 1.57. The van der Waals surface area contributed by atoms with Crippen molar-refractivity contribution in [3.8, 4) is 11.5 Å². The predicted molar refractivity (Wildman–Crippen MR) is 64.8 cm³/mol. The summed E-state index contributed by atoms with van der Waals surface area (Å²) >= 11 is 0. The highest BCUT2D eigenvalue weighted by Gasteiger charge is 2.15. The molecule has 0 heterocycles. The van der Waals surface area contributed by atoms with Gasteiger partial charge in [-0.15, -0.1) is 0 Å². The number of methoxy groups -OCH3 is 2. The number of carbonyl (C=O) groups excluding carboxylic acids is 1. The minimum atomic E-state index is -0.524. The first-order valence-electron chi connectivity index (χ1n) is 5.15. The Morgan fingerprint density at radius 1 is 1.29 bits per heavy atom. The van der Waals surface area contributed by atoms with Gasteiger partial charge in [0.25, 0.3) is 5.91 Å². The average Bonchev–Trinajstić information content (AvgIpc) is 2.36. The minimum absolute atomic E-state index is 0.375. The van der Waals surface area contributed by atoms with Gasteiger partial charge in [0.15, 0.2) is 11.5 Å². The highest BCUT2D eigenvalue weighted by atomic mass is 16.5. The van der Waals surface area contributed by atoms with E-state index in [1.54, 1.807) is 26.3 Å². The third-order valence-electron chi connectivity index (χ3n) is 2.57. The van der Waals surface area contributed by atoms with Gasteiger partial charge in [0.1, 0.15) is 6.61 Å². The number of hydrogen-bond acceptors (Lipinski definition) is 4. The topological polar surface area (TPSA) is 59.0 Å². The molecule has 0 aliphatic carbocycles. The summed E-state index contributed by atoms with van der Waals surface area (Å²) in [5, 5.41) is 8.84. The van der Waals surface area contributed by atoms with Crippen LogP contribution < -0.4 is 14.4 Å². The number of ether oxygens (including phenoxy) is 2. The summed E-state index contributed by atoms with van der Waals surface area (Å²) in [4.78, 5) is 12.8. The molecule has 17 heavy (non-hydrogen) atoms. The molecular weight excluding hydrogens is 222 g/mol. The summed E-state index contributed by atoms with van der Waals surface area (Å²) in [5.74, 6) is 0.782. The number of aliphatic hydroxyl groups excluding tert-OH is 1. The third kappa shape index (κ3) is 2.68. The van der Waals surface area contributed by atoms with Crippen LogP contribution in [-0.2, 0) is 4.79 Å². The number of nitrogens with zero attached hydrogens (tertiary/aromatic N) is 1. The Balaban J connectivity index is 3.21. The van der Waals surface area contributed by atoms with Gasteiger partial charge < -0.3 is 19.5 Å². The number of amides is 1. The molecule has 0 aromatic heterocycles. The molecule has 0 spiro atoms. The van der Waals surface area contributed by atoms with Crippen LogP contribution in [0, 0.1) is 6.92 Å². The second-order valence-corrected chi connectivity index (χ2v) is 3.60. The molecule has 0 unspecified atom stereocenters. The largest absolute Gasteiger partial charge is 0.493 e. The van der Waals surface area contributed by atoms with E-state index in [0.717, 1.165) is 5.56 Å². The first-order chi connectivity index (χ1) is 8.04. The molecule has 0 atom stereocenters. The van der Waals surface area contributed by atoms with Gasteiger partial charge in [0.2, 0.25) is 0 Å². The summed E-state index contributed by atoms with van der Waals surface area (Å²) < 4.78 is 10.3. The van der Waals surface area contributed by atoms with Crippen LogP contribution in [0.3, 0.4) is 0 Å². The Morgan fingerprint density at radius 3 is 2.29 bits per heavy atom. The maximum absolute atomic E-state index is 11.4. The first-order valence-corrected chi connectivity index (χ1v) is 5.15. The lowest BCUT2D eigenvalue weighted by Crippen LogP contribution is -2.29. The number of carbonyl (C=O) groups is 1. The maximum atomic E-state index is 11.4. The number of aryl methyl sites for hydroxylation is 1. The van der Waals surface area contributed by atoms with E-state index in [-0.39, 0.29) is 5.91 Å². The van der Waals surface area contributed by atoms with Crippen molar-refractivity contribution in [3.05, 3.63) is 17.7 Å². The van der Waals surface area contributed by atoms with Crippen molar-refractivity contribution < 1.29 is 19.4 Å². The molecule has 1 N–H and O–H groups in total. The molecule has 0 fully saturated rings. The second-order valence-electron chi connectivity index (χ2n) is 3.60. The maximum Gasteiger partial charge on any atom is 0.252 e. The lowest BCUT2D eigenvalue weighted by atomic mass is 10.1. The van der Waals surface area contributed by atoms with E-state index in [1.807, 2.05) is 6.92 Å². The number of hydrogen-bond donors (Lipinski definition) is 1. The predicted octanol–water partition coefficient (Wildman–Crippen LogP) is 0.967. The zero-order valence-electron chi connectivity index (χ0n) is 10.5. The van der Waals surface area contributed by atoms with Gasteiger partial charge in [-0.1, -0.05) is 0 Å². The smallest absolute Gasteiger partial charge is 0.252 e. The van der Waals surface area contributed by atoms with E-state index in [0.29, 0.717) is 17.2 Å². The summed E-state index contributed by atoms with van der Waals surface area (Å²) in [6, 6.07) is 3.50. The van der Waals surface area contributed by atoms with E-state index in [1.165, 1.54) is 12.0 Å². The Labute approximate surface area is 101 Å². The molecule has 1 aromatic carbocycles. The number of benzene rings is 1. The van der Waals surface area contributed by atoms with E-state index in [4.69, 9.17) is 14.6 Å². The highest BCUT2D eigenvalue weighted by Crippen LogP contribution is 2.34. The molecule has 94 valence electrons. The van der Waals surface area contributed by atoms with Crippen molar-refractivity contribution in [2.75, 3.05) is 32.8 Å². The quantitative estimate of drug-likeness (QED) is 0.850. The fourth-order valence-electron chi connectivity index (χ4n) is 1.57. The van der Waals surface area contributed by atoms with Crippen molar-refractivity contribution in [2.24, 2.45) is 0 Å². The van der Waals surface area contributed by atoms with Gasteiger partial charge in [-0.2, -0.15) is 0 Å². The van der Waals surface area contributed by atoms with Gasteiger partial charge in [-0.3, -0.25) is 4.79 Å². The normalized spacial score (nSPS) is 9.94. The molecule has 0 saturated carbocycles. The Bertz CT molecular complexity index is 417. The Morgan fingerprint density at radius 2 is 1.82 bits per heavy atom. The molecule has 5 nitrogen and oxygen atoms in total. The zero-order valence-corrected chi connectivity index (χ0v) is 10.5. The van der Waals surface area contributed by atoms with Crippen LogP contribution in [0.5, 0.6) is 11.5 Å². The highest BCUT2D eigenvalue weighted by molar-refractivity contribution is 5.94. The Hall–Kier alpha value is -1.75. The van der Waals surface area contributed by atoms with E-state index >= 15 is 0 Å². The summed E-state index contributed by atoms with van der Waals surface area (Å²) in [6.07, 6.45) is 0. The van der Waals surface area contributed by atoms with Gasteiger partial charge in [-0.05, 0) is 18.6 Å². The molecule has 1 amide bonds. The number of rotatable bonds is 4. The van der Waals surface area contributed by atoms with Crippen LogP contribution in [-0.4, -0.2) is 38.9 Å². The van der Waals surface area contributed by atoms with Crippen molar-refractivity contribution in [1.82, 2.24) is 0 Å². The molecule has 5 heteroatoms. The summed E-state index contributed by atoms with van der Waals surface area (Å²) in [5.41, 5.74) is 1.55. The van der Waals surface area contributed by atoms with Crippen molar-refractivity contribution in [2.45, 2.75) is 6.92 Å². The van der Waals surface area contributed by atoms with Crippen LogP contribution in [0.1, 0.15) is 5.56 Å². The lowest BCUT2D eigenvalue weighted by Gasteiger charge is -2.20. The zero-order chi connectivity index (χ0) is 13.0. The van der Waals surface area contributed by atoms with Crippen molar-refractivity contribution in [3.63, 3.8) is 0 Å². The van der Waals surface area contributed by atoms with Crippen LogP contribution in [0.25, 0.3) is 0 Å². The average molecular weight is 239 g/mol. The van der Waals surface area contributed by atoms with Gasteiger partial charge in [-0.25, -0.2) is 0 Å². The number of likely N-dealkylation sites (N-methyl/N-ethyl adjacent to an activating group) is 1. The van der Waals surface area contributed by atoms with Crippen LogP contribution in [0.15, 0.2) is 12.1 Å². The summed E-state index contributed by atoms with van der Waals surface area (Å²) in [7, 11) is 4.69. The van der Waals surface area contributed by atoms with Gasteiger partial charge in [0.05, 0.1) is 19.9 Å². The van der Waals surface area contributed by atoms with Crippen LogP contribution in [0.4, 0.5) is 5.69 Å². The van der Waals surface area contributed by atoms with Gasteiger partial charge in [0, 0.05) is 13.1 Å². The summed E-state index contributed by atoms with van der Waals surface area (Å²) in [6.45, 7) is 1.34. The first kappa shape index (κ1) is 13.3. The number of anilines is 1.